The molecule has 3 heteroatoms. The van der Waals surface area contributed by atoms with Crippen molar-refractivity contribution >= 4 is 28.2 Å². The highest BCUT2D eigenvalue weighted by molar-refractivity contribution is 8.24. The van der Waals surface area contributed by atoms with Crippen LogP contribution in [0, 0.1) is 0 Å². The minimum absolute atomic E-state index is 0.635. The largest absolute Gasteiger partial charge is 0.492 e. The molecule has 0 unspecified atom stereocenters. The van der Waals surface area contributed by atoms with Gasteiger partial charge in [0.25, 0.3) is 0 Å². The van der Waals surface area contributed by atoms with E-state index < -0.39 is 0 Å². The van der Waals surface area contributed by atoms with Gasteiger partial charge in [0, 0.05) is 6.08 Å². The van der Waals surface area contributed by atoms with Crippen molar-refractivity contribution in [2.75, 3.05) is 5.75 Å². The van der Waals surface area contributed by atoms with Crippen LogP contribution in [0.1, 0.15) is 5.56 Å². The fourth-order valence-electron chi connectivity index (χ4n) is 1.19. The lowest BCUT2D eigenvalue weighted by atomic mass is 10.2. The van der Waals surface area contributed by atoms with Gasteiger partial charge in [0.2, 0.25) is 0 Å². The van der Waals surface area contributed by atoms with Crippen molar-refractivity contribution < 1.29 is 4.74 Å². The predicted molar refractivity (Wildman–Crippen MR) is 64.4 cm³/mol. The molecule has 0 saturated carbocycles. The van der Waals surface area contributed by atoms with Crippen molar-refractivity contribution in [3.63, 3.8) is 0 Å². The molecule has 1 aromatic rings. The number of thiocarbonyl (C=S) groups is 1. The van der Waals surface area contributed by atoms with Gasteiger partial charge in [0.05, 0.1) is 9.95 Å². The van der Waals surface area contributed by atoms with Gasteiger partial charge < -0.3 is 4.74 Å². The molecular weight excluding hydrogens is 212 g/mol. The van der Waals surface area contributed by atoms with Crippen LogP contribution in [0.2, 0.25) is 0 Å². The lowest BCUT2D eigenvalue weighted by molar-refractivity contribution is 0.203. The topological polar surface area (TPSA) is 9.23 Å². The van der Waals surface area contributed by atoms with E-state index in [1.54, 1.807) is 11.8 Å². The van der Waals surface area contributed by atoms with Gasteiger partial charge in [0.15, 0.2) is 0 Å². The predicted octanol–water partition coefficient (Wildman–Crippen LogP) is 3.16. The summed E-state index contributed by atoms with van der Waals surface area (Å²) in [6, 6.07) is 10.1. The Morgan fingerprint density at radius 2 is 2.07 bits per heavy atom. The van der Waals surface area contributed by atoms with Crippen molar-refractivity contribution in [1.82, 2.24) is 0 Å². The summed E-state index contributed by atoms with van der Waals surface area (Å²) in [6.45, 7) is 0.635. The second kappa shape index (κ2) is 4.62. The molecular formula is C11H10OS2. The monoisotopic (exact) mass is 222 g/mol. The average molecular weight is 222 g/mol. The van der Waals surface area contributed by atoms with E-state index in [1.165, 1.54) is 5.56 Å². The standard InChI is InChI=1S/C11H10OS2/c13-11-6-10(8-14-11)12-7-9-4-2-1-3-5-9/h1-6H,7-8H2. The molecule has 0 fully saturated rings. The van der Waals surface area contributed by atoms with Crippen molar-refractivity contribution in [3.05, 3.63) is 47.7 Å². The van der Waals surface area contributed by atoms with E-state index in [0.717, 1.165) is 15.7 Å². The number of rotatable bonds is 3. The molecule has 0 atom stereocenters. The number of benzene rings is 1. The number of thioether (sulfide) groups is 1. The highest BCUT2D eigenvalue weighted by Gasteiger charge is 2.10. The van der Waals surface area contributed by atoms with Crippen molar-refractivity contribution in [2.24, 2.45) is 0 Å². The first-order valence-corrected chi connectivity index (χ1v) is 5.78. The minimum atomic E-state index is 0.635. The SMILES string of the molecule is S=C1C=C(OCc2ccccc2)CS1. The van der Waals surface area contributed by atoms with Crippen LogP contribution in [0.4, 0.5) is 0 Å². The third kappa shape index (κ3) is 2.59. The van der Waals surface area contributed by atoms with E-state index in [9.17, 15) is 0 Å². The van der Waals surface area contributed by atoms with E-state index >= 15 is 0 Å². The molecule has 0 saturated heterocycles. The van der Waals surface area contributed by atoms with E-state index in [4.69, 9.17) is 17.0 Å². The molecule has 0 N–H and O–H groups in total. The van der Waals surface area contributed by atoms with Crippen LogP contribution in [0.5, 0.6) is 0 Å². The highest BCUT2D eigenvalue weighted by Crippen LogP contribution is 2.22. The molecule has 0 bridgehead atoms. The smallest absolute Gasteiger partial charge is 0.113 e. The lowest BCUT2D eigenvalue weighted by Crippen LogP contribution is -1.92. The average Bonchev–Trinajstić information content (AvgIpc) is 2.63. The maximum absolute atomic E-state index is 5.61. The number of hydrogen-bond acceptors (Lipinski definition) is 3. The van der Waals surface area contributed by atoms with Crippen LogP contribution in [0.3, 0.4) is 0 Å². The van der Waals surface area contributed by atoms with Gasteiger partial charge in [-0.15, -0.1) is 11.8 Å². The second-order valence-corrected chi connectivity index (χ2v) is 4.71. The quantitative estimate of drug-likeness (QED) is 0.727. The van der Waals surface area contributed by atoms with Crippen LogP contribution in [0.15, 0.2) is 42.2 Å². The second-order valence-electron chi connectivity index (χ2n) is 2.99. The van der Waals surface area contributed by atoms with Crippen LogP contribution < -0.4 is 0 Å². The first-order chi connectivity index (χ1) is 6.84. The first kappa shape index (κ1) is 9.74. The molecule has 0 radical (unpaired) electrons. The fourth-order valence-corrected chi connectivity index (χ4v) is 2.16. The van der Waals surface area contributed by atoms with Crippen LogP contribution in [-0.4, -0.2) is 9.95 Å². The Morgan fingerprint density at radius 1 is 1.29 bits per heavy atom. The zero-order valence-electron chi connectivity index (χ0n) is 7.60. The third-order valence-corrected chi connectivity index (χ3v) is 3.21. The maximum Gasteiger partial charge on any atom is 0.113 e. The molecule has 0 aromatic heterocycles. The molecule has 1 aromatic carbocycles. The van der Waals surface area contributed by atoms with Crippen molar-refractivity contribution in [1.29, 1.82) is 0 Å². The molecule has 14 heavy (non-hydrogen) atoms. The number of hydrogen-bond donors (Lipinski definition) is 0. The van der Waals surface area contributed by atoms with Gasteiger partial charge in [-0.3, -0.25) is 0 Å². The Labute approximate surface area is 93.2 Å². The van der Waals surface area contributed by atoms with Crippen molar-refractivity contribution in [2.45, 2.75) is 6.61 Å². The van der Waals surface area contributed by atoms with Gasteiger partial charge in [0.1, 0.15) is 12.4 Å². The van der Waals surface area contributed by atoms with E-state index in [-0.39, 0.29) is 0 Å². The summed E-state index contributed by atoms with van der Waals surface area (Å²) >= 11 is 6.69. The van der Waals surface area contributed by atoms with Crippen LogP contribution in [0.25, 0.3) is 0 Å². The van der Waals surface area contributed by atoms with E-state index in [2.05, 4.69) is 12.1 Å². The number of ether oxygens (including phenoxy) is 1. The fraction of sp³-hybridized carbons (Fsp3) is 0.182. The van der Waals surface area contributed by atoms with E-state index in [1.807, 2.05) is 24.3 Å². The van der Waals surface area contributed by atoms with Gasteiger partial charge in [-0.05, 0) is 5.56 Å². The van der Waals surface area contributed by atoms with Crippen LogP contribution >= 0.6 is 24.0 Å². The Morgan fingerprint density at radius 3 is 2.71 bits per heavy atom. The highest BCUT2D eigenvalue weighted by atomic mass is 32.2. The Hall–Kier alpha value is -0.800. The summed E-state index contributed by atoms with van der Waals surface area (Å²) in [4.78, 5) is 0. The Balaban J connectivity index is 1.89. The minimum Gasteiger partial charge on any atom is -0.492 e. The normalized spacial score (nSPS) is 15.4. The van der Waals surface area contributed by atoms with Crippen LogP contribution in [-0.2, 0) is 11.3 Å². The zero-order chi connectivity index (χ0) is 9.80. The molecule has 0 spiro atoms. The van der Waals surface area contributed by atoms with Gasteiger partial charge in [-0.2, -0.15) is 0 Å². The third-order valence-electron chi connectivity index (χ3n) is 1.90. The molecule has 2 rings (SSSR count). The molecule has 1 nitrogen and oxygen atoms in total. The molecule has 1 heterocycles. The molecule has 1 aliphatic rings. The zero-order valence-corrected chi connectivity index (χ0v) is 9.24. The Kier molecular flexibility index (Phi) is 3.22. The summed E-state index contributed by atoms with van der Waals surface area (Å²) in [6.07, 6.45) is 1.93. The summed E-state index contributed by atoms with van der Waals surface area (Å²) in [7, 11) is 0. The van der Waals surface area contributed by atoms with Gasteiger partial charge in [-0.1, -0.05) is 42.5 Å². The maximum atomic E-state index is 5.61. The van der Waals surface area contributed by atoms with Gasteiger partial charge >= 0.3 is 0 Å². The van der Waals surface area contributed by atoms with Crippen molar-refractivity contribution in [3.8, 4) is 0 Å². The summed E-state index contributed by atoms with van der Waals surface area (Å²) < 4.78 is 6.54. The Bertz CT molecular complexity index is 357. The first-order valence-electron chi connectivity index (χ1n) is 4.38. The lowest BCUT2D eigenvalue weighted by Gasteiger charge is -2.05. The van der Waals surface area contributed by atoms with Gasteiger partial charge in [-0.25, -0.2) is 0 Å². The summed E-state index contributed by atoms with van der Waals surface area (Å²) in [5, 5.41) is 0. The van der Waals surface area contributed by atoms with E-state index in [0.29, 0.717) is 6.61 Å². The molecule has 1 aliphatic heterocycles. The summed E-state index contributed by atoms with van der Waals surface area (Å²) in [5.74, 6) is 1.87. The molecule has 72 valence electrons. The molecule has 0 amide bonds. The molecule has 0 aliphatic carbocycles. The summed E-state index contributed by atoms with van der Waals surface area (Å²) in [5.41, 5.74) is 1.19.